The number of benzene rings is 1. The molecule has 0 spiro atoms. The minimum absolute atomic E-state index is 0.0625. The maximum atomic E-state index is 12.4. The number of hydrogen-bond acceptors (Lipinski definition) is 3. The molecule has 3 rings (SSSR count). The van der Waals surface area contributed by atoms with Crippen molar-refractivity contribution in [3.05, 3.63) is 35.2 Å². The van der Waals surface area contributed by atoms with Crippen LogP contribution >= 0.6 is 11.6 Å². The summed E-state index contributed by atoms with van der Waals surface area (Å²) in [4.78, 5) is 31.9. The lowest BCUT2D eigenvalue weighted by molar-refractivity contribution is -0.118. The van der Waals surface area contributed by atoms with Gasteiger partial charge in [-0.15, -0.1) is 0 Å². The molecule has 2 amide bonds. The van der Waals surface area contributed by atoms with Crippen molar-refractivity contribution in [2.45, 2.75) is 6.54 Å². The Morgan fingerprint density at radius 2 is 2.09 bits per heavy atom. The van der Waals surface area contributed by atoms with Crippen LogP contribution < -0.4 is 4.90 Å². The topological polar surface area (TPSA) is 58.4 Å². The summed E-state index contributed by atoms with van der Waals surface area (Å²) in [6.07, 6.45) is 1.61. The van der Waals surface area contributed by atoms with Gasteiger partial charge in [-0.05, 0) is 18.2 Å². The van der Waals surface area contributed by atoms with Crippen LogP contribution in [-0.4, -0.2) is 47.4 Å². The van der Waals surface area contributed by atoms with Crippen molar-refractivity contribution < 1.29 is 9.59 Å². The van der Waals surface area contributed by atoms with E-state index in [2.05, 4.69) is 4.98 Å². The quantitative estimate of drug-likeness (QED) is 0.806. The molecule has 7 heteroatoms. The van der Waals surface area contributed by atoms with Crippen molar-refractivity contribution in [2.24, 2.45) is 0 Å². The van der Waals surface area contributed by atoms with E-state index in [1.807, 2.05) is 0 Å². The highest BCUT2D eigenvalue weighted by molar-refractivity contribution is 6.31. The smallest absolute Gasteiger partial charge is 0.289 e. The zero-order chi connectivity index (χ0) is 16.0. The highest BCUT2D eigenvalue weighted by atomic mass is 35.5. The van der Waals surface area contributed by atoms with Gasteiger partial charge in [-0.2, -0.15) is 0 Å². The first-order valence-corrected chi connectivity index (χ1v) is 7.11. The van der Waals surface area contributed by atoms with Gasteiger partial charge < -0.3 is 14.4 Å². The van der Waals surface area contributed by atoms with E-state index in [4.69, 9.17) is 11.6 Å². The van der Waals surface area contributed by atoms with Crippen LogP contribution in [0.1, 0.15) is 10.6 Å². The summed E-state index contributed by atoms with van der Waals surface area (Å²) in [5, 5.41) is 0.565. The molecule has 0 bridgehead atoms. The fraction of sp³-hybridized carbons (Fsp3) is 0.267. The number of halogens is 1. The summed E-state index contributed by atoms with van der Waals surface area (Å²) in [6.45, 7) is 0.0625. The third-order valence-corrected chi connectivity index (χ3v) is 3.95. The predicted octanol–water partition coefficient (Wildman–Crippen LogP) is 1.88. The summed E-state index contributed by atoms with van der Waals surface area (Å²) in [6, 6.07) is 5.32. The molecular weight excluding hydrogens is 304 g/mol. The van der Waals surface area contributed by atoms with Crippen molar-refractivity contribution in [2.75, 3.05) is 26.0 Å². The van der Waals surface area contributed by atoms with Crippen LogP contribution in [-0.2, 0) is 11.3 Å². The molecule has 2 heterocycles. The Morgan fingerprint density at radius 3 is 2.77 bits per heavy atom. The van der Waals surface area contributed by atoms with Gasteiger partial charge in [-0.3, -0.25) is 9.59 Å². The third kappa shape index (κ3) is 2.16. The van der Waals surface area contributed by atoms with Crippen molar-refractivity contribution in [1.82, 2.24) is 14.5 Å². The molecule has 0 fully saturated rings. The van der Waals surface area contributed by atoms with Crippen LogP contribution in [0.2, 0.25) is 5.02 Å². The molecule has 1 aliphatic heterocycles. The van der Waals surface area contributed by atoms with E-state index < -0.39 is 0 Å². The molecule has 114 valence electrons. The highest BCUT2D eigenvalue weighted by Crippen LogP contribution is 2.35. The summed E-state index contributed by atoms with van der Waals surface area (Å²) in [7, 11) is 5.02. The Kier molecular flexibility index (Phi) is 3.41. The van der Waals surface area contributed by atoms with E-state index >= 15 is 0 Å². The average molecular weight is 319 g/mol. The average Bonchev–Trinajstić information content (AvgIpc) is 2.84. The molecular formula is C15H15ClN4O2. The van der Waals surface area contributed by atoms with E-state index in [1.165, 1.54) is 4.90 Å². The van der Waals surface area contributed by atoms with Gasteiger partial charge in [0.15, 0.2) is 5.82 Å². The molecule has 0 radical (unpaired) electrons. The Bertz CT molecular complexity index is 782. The van der Waals surface area contributed by atoms with Crippen LogP contribution in [0.15, 0.2) is 24.4 Å². The molecule has 0 N–H and O–H groups in total. The van der Waals surface area contributed by atoms with Crippen molar-refractivity contribution in [3.8, 4) is 11.3 Å². The van der Waals surface area contributed by atoms with Crippen molar-refractivity contribution >= 4 is 29.1 Å². The van der Waals surface area contributed by atoms with E-state index in [0.29, 0.717) is 10.7 Å². The Hall–Kier alpha value is -2.34. The first-order valence-electron chi connectivity index (χ1n) is 6.74. The third-order valence-electron chi connectivity index (χ3n) is 3.72. The number of imidazole rings is 1. The summed E-state index contributed by atoms with van der Waals surface area (Å²) >= 11 is 6.09. The van der Waals surface area contributed by atoms with Crippen LogP contribution in [0.25, 0.3) is 11.3 Å². The molecule has 0 aliphatic carbocycles. The van der Waals surface area contributed by atoms with Gasteiger partial charge >= 0.3 is 0 Å². The van der Waals surface area contributed by atoms with E-state index in [1.54, 1.807) is 55.0 Å². The SMILES string of the molecule is CN(C)C(=O)c1ncc2n1CC(=O)N(C)c1ccc(Cl)cc1-2. The number of nitrogens with zero attached hydrogens (tertiary/aromatic N) is 4. The molecule has 22 heavy (non-hydrogen) atoms. The minimum Gasteiger partial charge on any atom is -0.342 e. The van der Waals surface area contributed by atoms with Gasteiger partial charge in [-0.25, -0.2) is 4.98 Å². The maximum absolute atomic E-state index is 12.4. The largest absolute Gasteiger partial charge is 0.342 e. The normalized spacial score (nSPS) is 13.5. The number of hydrogen-bond donors (Lipinski definition) is 0. The lowest BCUT2D eigenvalue weighted by atomic mass is 10.1. The maximum Gasteiger partial charge on any atom is 0.289 e. The van der Waals surface area contributed by atoms with Gasteiger partial charge in [0.05, 0.1) is 17.6 Å². The number of rotatable bonds is 1. The predicted molar refractivity (Wildman–Crippen MR) is 84.1 cm³/mol. The molecule has 1 aromatic heterocycles. The number of anilines is 1. The molecule has 0 unspecified atom stereocenters. The van der Waals surface area contributed by atoms with Crippen molar-refractivity contribution in [1.29, 1.82) is 0 Å². The Morgan fingerprint density at radius 1 is 1.36 bits per heavy atom. The van der Waals surface area contributed by atoms with E-state index in [-0.39, 0.29) is 24.2 Å². The monoisotopic (exact) mass is 318 g/mol. The van der Waals surface area contributed by atoms with Crippen molar-refractivity contribution in [3.63, 3.8) is 0 Å². The lowest BCUT2D eigenvalue weighted by Gasteiger charge is -2.17. The standard InChI is InChI=1S/C15H15ClN4O2/c1-18(2)15(22)14-17-7-12-10-6-9(16)4-5-11(10)19(3)13(21)8-20(12)14/h4-7H,8H2,1-3H3. The molecule has 6 nitrogen and oxygen atoms in total. The fourth-order valence-corrected chi connectivity index (χ4v) is 2.68. The first-order chi connectivity index (χ1) is 10.4. The zero-order valence-electron chi connectivity index (χ0n) is 12.5. The van der Waals surface area contributed by atoms with Crippen LogP contribution in [0.3, 0.4) is 0 Å². The van der Waals surface area contributed by atoms with Gasteiger partial charge in [0.2, 0.25) is 5.91 Å². The van der Waals surface area contributed by atoms with Gasteiger partial charge in [0.1, 0.15) is 6.54 Å². The molecule has 0 saturated carbocycles. The lowest BCUT2D eigenvalue weighted by Crippen LogP contribution is -2.31. The van der Waals surface area contributed by atoms with Crippen LogP contribution in [0.4, 0.5) is 5.69 Å². The number of carbonyl (C=O) groups is 2. The summed E-state index contributed by atoms with van der Waals surface area (Å²) < 4.78 is 1.64. The van der Waals surface area contributed by atoms with E-state index in [0.717, 1.165) is 11.3 Å². The zero-order valence-corrected chi connectivity index (χ0v) is 13.3. The summed E-state index contributed by atoms with van der Waals surface area (Å²) in [5.74, 6) is -0.116. The minimum atomic E-state index is -0.243. The molecule has 1 aliphatic rings. The Balaban J connectivity index is 2.26. The van der Waals surface area contributed by atoms with Gasteiger partial charge in [0, 0.05) is 31.7 Å². The number of likely N-dealkylation sites (N-methyl/N-ethyl adjacent to an activating group) is 1. The highest BCUT2D eigenvalue weighted by Gasteiger charge is 2.28. The molecule has 0 saturated heterocycles. The fourth-order valence-electron chi connectivity index (χ4n) is 2.50. The number of amides is 2. The molecule has 0 atom stereocenters. The number of aromatic nitrogens is 2. The van der Waals surface area contributed by atoms with E-state index in [9.17, 15) is 9.59 Å². The first kappa shape index (κ1) is 14.6. The summed E-state index contributed by atoms with van der Waals surface area (Å²) in [5.41, 5.74) is 2.24. The molecule has 1 aromatic carbocycles. The van der Waals surface area contributed by atoms with Crippen LogP contribution in [0, 0.1) is 0 Å². The van der Waals surface area contributed by atoms with Gasteiger partial charge in [-0.1, -0.05) is 11.6 Å². The molecule has 2 aromatic rings. The van der Waals surface area contributed by atoms with Gasteiger partial charge in [0.25, 0.3) is 5.91 Å². The second kappa shape index (κ2) is 5.14. The number of carbonyl (C=O) groups excluding carboxylic acids is 2. The second-order valence-electron chi connectivity index (χ2n) is 5.37. The van der Waals surface area contributed by atoms with Crippen LogP contribution in [0.5, 0.6) is 0 Å². The second-order valence-corrected chi connectivity index (χ2v) is 5.80. The number of fused-ring (bicyclic) bond motifs is 3. The Labute approximate surface area is 132 Å².